The molecule has 0 saturated carbocycles. The Bertz CT molecular complexity index is 1050. The molecule has 4 rings (SSSR count). The van der Waals surface area contributed by atoms with Gasteiger partial charge in [-0.1, -0.05) is 42.0 Å². The molecule has 4 aromatic rings. The molecule has 2 N–H and O–H groups in total. The molecule has 0 radical (unpaired) electrons. The van der Waals surface area contributed by atoms with E-state index in [9.17, 15) is 9.90 Å². The van der Waals surface area contributed by atoms with Crippen LogP contribution in [0, 0.1) is 6.92 Å². The minimum Gasteiger partial charge on any atom is -0.387 e. The van der Waals surface area contributed by atoms with Gasteiger partial charge in [-0.3, -0.25) is 4.79 Å². The number of aliphatic hydroxyl groups excluding tert-OH is 1. The number of aromatic nitrogens is 1. The normalized spacial score (nSPS) is 12.2. The standard InChI is InChI=1S/C21H18N2O2S2/c1-13-6-8-14(9-7-13)16(24)12-22-20(25)18-10-11-19(26-18)21-23-15-4-2-3-5-17(15)27-21/h2-11,16,24H,12H2,1H3,(H,22,25). The molecule has 0 saturated heterocycles. The van der Waals surface area contributed by atoms with E-state index in [0.29, 0.717) is 4.88 Å². The number of aryl methyl sites for hydroxylation is 1. The van der Waals surface area contributed by atoms with Crippen molar-refractivity contribution in [3.05, 3.63) is 76.7 Å². The monoisotopic (exact) mass is 394 g/mol. The van der Waals surface area contributed by atoms with Crippen LogP contribution in [0.3, 0.4) is 0 Å². The second-order valence-corrected chi connectivity index (χ2v) is 8.40. The van der Waals surface area contributed by atoms with E-state index < -0.39 is 6.10 Å². The molecular formula is C21H18N2O2S2. The predicted octanol–water partition coefficient (Wildman–Crippen LogP) is 4.80. The van der Waals surface area contributed by atoms with Gasteiger partial charge in [0.15, 0.2) is 0 Å². The lowest BCUT2D eigenvalue weighted by molar-refractivity contribution is 0.0920. The fraction of sp³-hybridized carbons (Fsp3) is 0.143. The summed E-state index contributed by atoms with van der Waals surface area (Å²) in [5.41, 5.74) is 2.90. The zero-order valence-corrected chi connectivity index (χ0v) is 16.3. The van der Waals surface area contributed by atoms with Crippen molar-refractivity contribution < 1.29 is 9.90 Å². The SMILES string of the molecule is Cc1ccc(C(O)CNC(=O)c2ccc(-c3nc4ccccc4s3)s2)cc1. The Hall–Kier alpha value is -2.54. The van der Waals surface area contributed by atoms with E-state index in [-0.39, 0.29) is 12.5 Å². The highest BCUT2D eigenvalue weighted by molar-refractivity contribution is 7.26. The topological polar surface area (TPSA) is 62.2 Å². The molecule has 2 aromatic carbocycles. The summed E-state index contributed by atoms with van der Waals surface area (Å²) in [5.74, 6) is -0.182. The Balaban J connectivity index is 1.43. The number of aliphatic hydroxyl groups is 1. The number of fused-ring (bicyclic) bond motifs is 1. The fourth-order valence-electron chi connectivity index (χ4n) is 2.74. The molecule has 2 heterocycles. The van der Waals surface area contributed by atoms with Gasteiger partial charge in [0.05, 0.1) is 26.1 Å². The molecule has 4 nitrogen and oxygen atoms in total. The van der Waals surface area contributed by atoms with Crippen molar-refractivity contribution >= 4 is 38.8 Å². The highest BCUT2D eigenvalue weighted by Crippen LogP contribution is 2.34. The Morgan fingerprint density at radius 2 is 1.85 bits per heavy atom. The molecule has 0 spiro atoms. The molecular weight excluding hydrogens is 376 g/mol. The van der Waals surface area contributed by atoms with Crippen LogP contribution >= 0.6 is 22.7 Å². The fourth-order valence-corrected chi connectivity index (χ4v) is 4.68. The van der Waals surface area contributed by atoms with E-state index in [1.807, 2.05) is 61.5 Å². The molecule has 2 aromatic heterocycles. The Morgan fingerprint density at radius 3 is 2.63 bits per heavy atom. The first-order valence-electron chi connectivity index (χ1n) is 8.59. The maximum atomic E-state index is 12.4. The first-order chi connectivity index (χ1) is 13.1. The van der Waals surface area contributed by atoms with Crippen molar-refractivity contribution in [3.63, 3.8) is 0 Å². The zero-order valence-electron chi connectivity index (χ0n) is 14.7. The van der Waals surface area contributed by atoms with Gasteiger partial charge in [-0.05, 0) is 36.8 Å². The van der Waals surface area contributed by atoms with Crippen molar-refractivity contribution in [2.45, 2.75) is 13.0 Å². The predicted molar refractivity (Wildman–Crippen MR) is 111 cm³/mol. The minimum absolute atomic E-state index is 0.177. The van der Waals surface area contributed by atoms with Crippen LogP contribution in [0.15, 0.2) is 60.7 Å². The molecule has 136 valence electrons. The number of amides is 1. The van der Waals surface area contributed by atoms with Gasteiger partial charge in [0.1, 0.15) is 5.01 Å². The number of thiophene rings is 1. The number of nitrogens with one attached hydrogen (secondary N) is 1. The van der Waals surface area contributed by atoms with Crippen molar-refractivity contribution in [2.75, 3.05) is 6.54 Å². The summed E-state index contributed by atoms with van der Waals surface area (Å²) in [6.07, 6.45) is -0.724. The van der Waals surface area contributed by atoms with E-state index in [2.05, 4.69) is 10.3 Å². The summed E-state index contributed by atoms with van der Waals surface area (Å²) < 4.78 is 1.13. The van der Waals surface area contributed by atoms with Crippen LogP contribution in [0.1, 0.15) is 26.9 Å². The van der Waals surface area contributed by atoms with Gasteiger partial charge >= 0.3 is 0 Å². The average molecular weight is 395 g/mol. The average Bonchev–Trinajstić information content (AvgIpc) is 3.33. The third-order valence-electron chi connectivity index (χ3n) is 4.25. The molecule has 0 aliphatic heterocycles. The van der Waals surface area contributed by atoms with Gasteiger partial charge in [0.25, 0.3) is 5.91 Å². The van der Waals surface area contributed by atoms with E-state index in [1.165, 1.54) is 11.3 Å². The first-order valence-corrected chi connectivity index (χ1v) is 10.2. The third-order valence-corrected chi connectivity index (χ3v) is 6.54. The summed E-state index contributed by atoms with van der Waals surface area (Å²) in [7, 11) is 0. The second-order valence-electron chi connectivity index (χ2n) is 6.29. The van der Waals surface area contributed by atoms with Crippen LogP contribution in [0.2, 0.25) is 0 Å². The molecule has 1 atom stereocenters. The largest absolute Gasteiger partial charge is 0.387 e. The van der Waals surface area contributed by atoms with E-state index in [4.69, 9.17) is 0 Å². The highest BCUT2D eigenvalue weighted by atomic mass is 32.1. The van der Waals surface area contributed by atoms with E-state index in [0.717, 1.165) is 31.2 Å². The van der Waals surface area contributed by atoms with Gasteiger partial charge in [0, 0.05) is 6.54 Å². The molecule has 0 aliphatic carbocycles. The molecule has 0 fully saturated rings. The summed E-state index contributed by atoms with van der Waals surface area (Å²) in [6, 6.07) is 19.4. The molecule has 1 amide bonds. The number of thiazole rings is 1. The first kappa shape index (κ1) is 17.9. The quantitative estimate of drug-likeness (QED) is 0.511. The number of rotatable bonds is 5. The lowest BCUT2D eigenvalue weighted by Gasteiger charge is -2.12. The molecule has 27 heavy (non-hydrogen) atoms. The lowest BCUT2D eigenvalue weighted by atomic mass is 10.1. The third kappa shape index (κ3) is 3.93. The van der Waals surface area contributed by atoms with E-state index >= 15 is 0 Å². The zero-order chi connectivity index (χ0) is 18.8. The smallest absolute Gasteiger partial charge is 0.261 e. The van der Waals surface area contributed by atoms with Crippen molar-refractivity contribution in [1.29, 1.82) is 0 Å². The molecule has 0 bridgehead atoms. The maximum absolute atomic E-state index is 12.4. The Labute approximate surface area is 165 Å². The van der Waals surface area contributed by atoms with Gasteiger partial charge in [-0.2, -0.15) is 0 Å². The van der Waals surface area contributed by atoms with Crippen LogP contribution in [0.5, 0.6) is 0 Å². The number of carbonyl (C=O) groups excluding carboxylic acids is 1. The van der Waals surface area contributed by atoms with Gasteiger partial charge in [-0.25, -0.2) is 4.98 Å². The van der Waals surface area contributed by atoms with Crippen molar-refractivity contribution in [3.8, 4) is 9.88 Å². The number of benzene rings is 2. The molecule has 6 heteroatoms. The Kier molecular flexibility index (Phi) is 5.03. The summed E-state index contributed by atoms with van der Waals surface area (Å²) in [4.78, 5) is 18.6. The lowest BCUT2D eigenvalue weighted by Crippen LogP contribution is -2.27. The van der Waals surface area contributed by atoms with Crippen LogP contribution in [0.25, 0.3) is 20.1 Å². The molecule has 1 unspecified atom stereocenters. The summed E-state index contributed by atoms with van der Waals surface area (Å²) in [6.45, 7) is 2.17. The van der Waals surface area contributed by atoms with Crippen molar-refractivity contribution in [1.82, 2.24) is 10.3 Å². The van der Waals surface area contributed by atoms with Crippen LogP contribution < -0.4 is 5.32 Å². The minimum atomic E-state index is -0.724. The summed E-state index contributed by atoms with van der Waals surface area (Å²) >= 11 is 3.03. The van der Waals surface area contributed by atoms with E-state index in [1.54, 1.807) is 17.4 Å². The summed E-state index contributed by atoms with van der Waals surface area (Å²) in [5, 5.41) is 14.0. The second kappa shape index (κ2) is 7.60. The van der Waals surface area contributed by atoms with Crippen molar-refractivity contribution in [2.24, 2.45) is 0 Å². The van der Waals surface area contributed by atoms with Crippen LogP contribution in [0.4, 0.5) is 0 Å². The number of hydrogen-bond acceptors (Lipinski definition) is 5. The van der Waals surface area contributed by atoms with Crippen LogP contribution in [-0.2, 0) is 0 Å². The van der Waals surface area contributed by atoms with Crippen LogP contribution in [-0.4, -0.2) is 22.5 Å². The number of carbonyl (C=O) groups is 1. The molecule has 0 aliphatic rings. The number of hydrogen-bond donors (Lipinski definition) is 2. The number of nitrogens with zero attached hydrogens (tertiary/aromatic N) is 1. The number of para-hydroxylation sites is 1. The highest BCUT2D eigenvalue weighted by Gasteiger charge is 2.15. The van der Waals surface area contributed by atoms with Gasteiger partial charge in [0.2, 0.25) is 0 Å². The van der Waals surface area contributed by atoms with Gasteiger partial charge in [-0.15, -0.1) is 22.7 Å². The van der Waals surface area contributed by atoms with Gasteiger partial charge < -0.3 is 10.4 Å². The maximum Gasteiger partial charge on any atom is 0.261 e. The Morgan fingerprint density at radius 1 is 1.07 bits per heavy atom.